The molecule has 0 spiro atoms. The summed E-state index contributed by atoms with van der Waals surface area (Å²) in [5.41, 5.74) is 0. The molecule has 11 nitrogen and oxygen atoms in total. The molecule has 0 fully saturated rings. The first-order valence-corrected chi connectivity index (χ1v) is 30.0. The molecule has 0 amide bonds. The summed E-state index contributed by atoms with van der Waals surface area (Å²) in [6.45, 7) is 4.37. The average Bonchev–Trinajstić information content (AvgIpc) is 3.37. The van der Waals surface area contributed by atoms with Crippen LogP contribution in [0.2, 0.25) is 0 Å². The molecule has 0 aromatic heterocycles. The number of aliphatic hydroxyl groups is 1. The van der Waals surface area contributed by atoms with E-state index in [1.165, 1.54) is 96.3 Å². The van der Waals surface area contributed by atoms with Gasteiger partial charge in [-0.2, -0.15) is 0 Å². The third kappa shape index (κ3) is 51.6. The number of aliphatic hydroxyl groups excluding tert-OH is 1. The van der Waals surface area contributed by atoms with Gasteiger partial charge in [0.2, 0.25) is 0 Å². The number of carbonyl (C=O) groups is 3. The molecular formula is C60H103O11P. The van der Waals surface area contributed by atoms with Crippen LogP contribution in [0.5, 0.6) is 0 Å². The molecule has 0 aliphatic carbocycles. The van der Waals surface area contributed by atoms with Crippen LogP contribution in [0.1, 0.15) is 239 Å². The van der Waals surface area contributed by atoms with Crippen LogP contribution in [0.25, 0.3) is 0 Å². The molecule has 0 heterocycles. The Labute approximate surface area is 439 Å². The zero-order chi connectivity index (χ0) is 52.7. The minimum Gasteiger partial charge on any atom is -0.462 e. The highest BCUT2D eigenvalue weighted by Gasteiger charge is 2.28. The second kappa shape index (κ2) is 53.9. The lowest BCUT2D eigenvalue weighted by Gasteiger charge is -2.21. The summed E-state index contributed by atoms with van der Waals surface area (Å²) in [6.07, 6.45) is 61.5. The maximum atomic E-state index is 12.9. The van der Waals surface area contributed by atoms with Crippen LogP contribution in [0, 0.1) is 0 Å². The maximum absolute atomic E-state index is 12.9. The van der Waals surface area contributed by atoms with E-state index in [0.717, 1.165) is 83.5 Å². The van der Waals surface area contributed by atoms with E-state index in [4.69, 9.17) is 23.3 Å². The molecule has 0 saturated carbocycles. The minimum absolute atomic E-state index is 0.0575. The quantitative estimate of drug-likeness (QED) is 0.0197. The van der Waals surface area contributed by atoms with E-state index in [-0.39, 0.29) is 25.9 Å². The predicted molar refractivity (Wildman–Crippen MR) is 298 cm³/mol. The van der Waals surface area contributed by atoms with Crippen molar-refractivity contribution in [2.24, 2.45) is 0 Å². The van der Waals surface area contributed by atoms with Gasteiger partial charge in [-0.3, -0.25) is 23.4 Å². The monoisotopic (exact) mass is 1030 g/mol. The molecule has 2 N–H and O–H groups in total. The van der Waals surface area contributed by atoms with Gasteiger partial charge < -0.3 is 24.2 Å². The molecule has 0 aromatic carbocycles. The van der Waals surface area contributed by atoms with Gasteiger partial charge in [0.05, 0.1) is 26.2 Å². The standard InChI is InChI=1S/C60H103O11P/c1-4-7-10-13-16-19-22-24-26-27-28-29-31-33-36-39-42-45-48-51-60(64)71-57(53-67-58(62)49-46-43-40-37-34-21-18-15-12-9-6-3)55-69-72(65,66)68-54-56(52-61)70-59(63)50-47-44-41-38-35-32-30-25-23-20-17-14-11-8-5-2/h8,11,15,17-18,20,24-26,30,35,38,44,47,56-57,61H,4-7,9-10,12-14,16,19,21-23,27-29,31-34,36-37,39-43,45-46,48-55H2,1-3H3,(H,65,66)/b11-8-,18-15-,20-17-,26-24-,30-25-,38-35-,47-44-. The van der Waals surface area contributed by atoms with Crippen LogP contribution in [0.3, 0.4) is 0 Å². The summed E-state index contributed by atoms with van der Waals surface area (Å²) in [5.74, 6) is -1.62. The number of carbonyl (C=O) groups excluding carboxylic acids is 3. The highest BCUT2D eigenvalue weighted by molar-refractivity contribution is 7.47. The van der Waals surface area contributed by atoms with Crippen molar-refractivity contribution in [3.05, 3.63) is 85.1 Å². The number of rotatable bonds is 52. The van der Waals surface area contributed by atoms with E-state index >= 15 is 0 Å². The maximum Gasteiger partial charge on any atom is 0.472 e. The van der Waals surface area contributed by atoms with Crippen molar-refractivity contribution in [3.8, 4) is 0 Å². The predicted octanol–water partition coefficient (Wildman–Crippen LogP) is 16.7. The summed E-state index contributed by atoms with van der Waals surface area (Å²) in [6, 6.07) is 0. The highest BCUT2D eigenvalue weighted by atomic mass is 31.2. The third-order valence-electron chi connectivity index (χ3n) is 11.8. The van der Waals surface area contributed by atoms with Crippen LogP contribution >= 0.6 is 7.82 Å². The first-order chi connectivity index (χ1) is 35.2. The number of esters is 3. The van der Waals surface area contributed by atoms with Crippen molar-refractivity contribution < 1.29 is 52.2 Å². The van der Waals surface area contributed by atoms with E-state index in [1.54, 1.807) is 6.08 Å². The third-order valence-corrected chi connectivity index (χ3v) is 12.8. The summed E-state index contributed by atoms with van der Waals surface area (Å²) in [5, 5.41) is 9.78. The van der Waals surface area contributed by atoms with Crippen molar-refractivity contribution in [3.63, 3.8) is 0 Å². The van der Waals surface area contributed by atoms with Crippen LogP contribution in [0.15, 0.2) is 85.1 Å². The second-order valence-electron chi connectivity index (χ2n) is 18.7. The molecular weight excluding hydrogens is 928 g/mol. The van der Waals surface area contributed by atoms with Gasteiger partial charge in [-0.05, 0) is 89.9 Å². The van der Waals surface area contributed by atoms with Crippen molar-refractivity contribution in [1.82, 2.24) is 0 Å². The summed E-state index contributed by atoms with van der Waals surface area (Å²) in [7, 11) is -4.77. The van der Waals surface area contributed by atoms with E-state index in [2.05, 4.69) is 81.5 Å². The number of phosphoric acid groups is 1. The topological polar surface area (TPSA) is 155 Å². The fraction of sp³-hybridized carbons (Fsp3) is 0.717. The van der Waals surface area contributed by atoms with Gasteiger partial charge in [-0.25, -0.2) is 4.57 Å². The molecule has 0 rings (SSSR count). The first-order valence-electron chi connectivity index (χ1n) is 28.5. The Kier molecular flexibility index (Phi) is 51.4. The fourth-order valence-electron chi connectivity index (χ4n) is 7.47. The highest BCUT2D eigenvalue weighted by Crippen LogP contribution is 2.43. The lowest BCUT2D eigenvalue weighted by molar-refractivity contribution is -0.161. The van der Waals surface area contributed by atoms with Gasteiger partial charge in [0.15, 0.2) is 6.10 Å². The van der Waals surface area contributed by atoms with E-state index in [1.807, 2.05) is 18.2 Å². The molecule has 72 heavy (non-hydrogen) atoms. The molecule has 414 valence electrons. The lowest BCUT2D eigenvalue weighted by atomic mass is 10.1. The van der Waals surface area contributed by atoms with Gasteiger partial charge in [-0.1, -0.05) is 215 Å². The summed E-state index contributed by atoms with van der Waals surface area (Å²) < 4.78 is 39.3. The van der Waals surface area contributed by atoms with E-state index in [9.17, 15) is 28.9 Å². The number of ether oxygens (including phenoxy) is 3. The normalized spacial score (nSPS) is 14.0. The Balaban J connectivity index is 4.77. The van der Waals surface area contributed by atoms with E-state index < -0.39 is 57.8 Å². The molecule has 0 aromatic rings. The number of hydrogen-bond acceptors (Lipinski definition) is 10. The second-order valence-corrected chi connectivity index (χ2v) is 20.2. The molecule has 0 radical (unpaired) electrons. The van der Waals surface area contributed by atoms with Gasteiger partial charge in [0, 0.05) is 12.8 Å². The van der Waals surface area contributed by atoms with Crippen molar-refractivity contribution in [2.45, 2.75) is 251 Å². The molecule has 0 aliphatic rings. The lowest BCUT2D eigenvalue weighted by Crippen LogP contribution is -2.30. The number of hydrogen-bond donors (Lipinski definition) is 2. The zero-order valence-electron chi connectivity index (χ0n) is 45.6. The average molecular weight is 1030 g/mol. The van der Waals surface area contributed by atoms with Gasteiger partial charge in [0.25, 0.3) is 0 Å². The number of unbranched alkanes of at least 4 members (excludes halogenated alkanes) is 22. The van der Waals surface area contributed by atoms with Crippen LogP contribution in [-0.2, 0) is 42.2 Å². The van der Waals surface area contributed by atoms with Gasteiger partial charge >= 0.3 is 25.7 Å². The number of phosphoric ester groups is 1. The first kappa shape index (κ1) is 68.7. The zero-order valence-corrected chi connectivity index (χ0v) is 46.5. The molecule has 0 aliphatic heterocycles. The van der Waals surface area contributed by atoms with Crippen LogP contribution in [0.4, 0.5) is 0 Å². The Morgan fingerprint density at radius 3 is 1.25 bits per heavy atom. The summed E-state index contributed by atoms with van der Waals surface area (Å²) >= 11 is 0. The molecule has 12 heteroatoms. The van der Waals surface area contributed by atoms with Gasteiger partial charge in [-0.15, -0.1) is 0 Å². The van der Waals surface area contributed by atoms with Crippen molar-refractivity contribution in [1.29, 1.82) is 0 Å². The Morgan fingerprint density at radius 1 is 0.417 bits per heavy atom. The molecule has 0 bridgehead atoms. The molecule has 3 unspecified atom stereocenters. The Hall–Kier alpha value is -3.34. The Morgan fingerprint density at radius 2 is 0.792 bits per heavy atom. The van der Waals surface area contributed by atoms with Crippen molar-refractivity contribution in [2.75, 3.05) is 26.4 Å². The van der Waals surface area contributed by atoms with Crippen LogP contribution < -0.4 is 0 Å². The van der Waals surface area contributed by atoms with Crippen LogP contribution in [-0.4, -0.2) is 66.5 Å². The Bertz CT molecular complexity index is 1530. The SMILES string of the molecule is CC/C=C\C/C=C\C/C=C\C/C=C\C/C=C\CC(=O)OC(CO)COP(=O)(O)OCC(COC(=O)CCCCCCC/C=C\CCCC)OC(=O)CCCCCCCCCCC/C=C\CCCCCCCC. The number of allylic oxidation sites excluding steroid dienone is 13. The van der Waals surface area contributed by atoms with Crippen molar-refractivity contribution >= 4 is 25.7 Å². The largest absolute Gasteiger partial charge is 0.472 e. The van der Waals surface area contributed by atoms with E-state index in [0.29, 0.717) is 19.3 Å². The molecule has 0 saturated heterocycles. The van der Waals surface area contributed by atoms with Gasteiger partial charge in [0.1, 0.15) is 12.7 Å². The smallest absolute Gasteiger partial charge is 0.462 e. The molecule has 3 atom stereocenters. The fourth-order valence-corrected chi connectivity index (χ4v) is 8.25. The summed E-state index contributed by atoms with van der Waals surface area (Å²) in [4.78, 5) is 48.4. The minimum atomic E-state index is -4.77.